The zero-order valence-electron chi connectivity index (χ0n) is 31.1. The number of aromatic hydroxyl groups is 1. The lowest BCUT2D eigenvalue weighted by molar-refractivity contribution is -0.163. The number of piperazine rings is 1. The molecule has 3 saturated heterocycles. The summed E-state index contributed by atoms with van der Waals surface area (Å²) in [6.07, 6.45) is 11.8. The molecular formula is C42H42F3N7O4. The Labute approximate surface area is 321 Å². The van der Waals surface area contributed by atoms with Gasteiger partial charge in [0.05, 0.1) is 36.9 Å². The molecule has 8 fully saturated rings. The Hall–Kier alpha value is -5.03. The largest absolute Gasteiger partial charge is 0.508 e. The number of hydrogen-bond donors (Lipinski definition) is 2. The molecule has 0 spiro atoms. The molecule has 14 heteroatoms. The number of nitrogens with one attached hydrogen (secondary N) is 1. The first-order valence-electron chi connectivity index (χ1n) is 19.7. The second-order valence-corrected chi connectivity index (χ2v) is 17.8. The zero-order chi connectivity index (χ0) is 38.3. The third-order valence-corrected chi connectivity index (χ3v) is 13.8. The van der Waals surface area contributed by atoms with Crippen molar-refractivity contribution in [2.45, 2.75) is 74.7 Å². The van der Waals surface area contributed by atoms with Crippen molar-refractivity contribution in [2.75, 3.05) is 51.3 Å². The van der Waals surface area contributed by atoms with Gasteiger partial charge in [-0.3, -0.25) is 0 Å². The molecule has 4 atom stereocenters. The Morgan fingerprint density at radius 2 is 1.77 bits per heavy atom. The van der Waals surface area contributed by atoms with Crippen LogP contribution in [0.4, 0.5) is 23.8 Å². The van der Waals surface area contributed by atoms with E-state index >= 15 is 8.78 Å². The predicted molar refractivity (Wildman–Crippen MR) is 201 cm³/mol. The van der Waals surface area contributed by atoms with Crippen LogP contribution in [0.2, 0.25) is 0 Å². The van der Waals surface area contributed by atoms with Crippen LogP contribution in [-0.4, -0.2) is 106 Å². The van der Waals surface area contributed by atoms with Gasteiger partial charge < -0.3 is 34.6 Å². The highest BCUT2D eigenvalue weighted by molar-refractivity contribution is 6.04. The maximum absolute atomic E-state index is 17.3. The average molecular weight is 766 g/mol. The Morgan fingerprint density at radius 3 is 2.43 bits per heavy atom. The number of phenols is 1. The van der Waals surface area contributed by atoms with E-state index in [0.717, 1.165) is 57.2 Å². The number of pyridine rings is 1. The third-order valence-electron chi connectivity index (χ3n) is 13.8. The molecule has 4 aromatic rings. The molecule has 11 nitrogen and oxygen atoms in total. The van der Waals surface area contributed by atoms with Crippen LogP contribution in [0.25, 0.3) is 32.9 Å². The topological polar surface area (TPSA) is 116 Å². The molecule has 0 radical (unpaired) electrons. The number of urea groups is 1. The number of terminal acetylenes is 1. The summed E-state index contributed by atoms with van der Waals surface area (Å²) < 4.78 is 59.0. The molecule has 2 aromatic heterocycles. The Kier molecular flexibility index (Phi) is 7.19. The van der Waals surface area contributed by atoms with E-state index in [2.05, 4.69) is 26.1 Å². The molecule has 2 N–H and O–H groups in total. The fourth-order valence-electron chi connectivity index (χ4n) is 10.8. The lowest BCUT2D eigenvalue weighted by Gasteiger charge is -2.66. The number of alkyl halides is 1. The minimum Gasteiger partial charge on any atom is -0.508 e. The van der Waals surface area contributed by atoms with Gasteiger partial charge in [-0.15, -0.1) is 6.42 Å². The number of benzene rings is 2. The van der Waals surface area contributed by atoms with E-state index in [-0.39, 0.29) is 74.3 Å². The molecular weight excluding hydrogens is 724 g/mol. The first-order chi connectivity index (χ1) is 27.0. The smallest absolute Gasteiger partial charge is 0.319 e. The highest BCUT2D eigenvalue weighted by atomic mass is 19.1. The van der Waals surface area contributed by atoms with Crippen molar-refractivity contribution in [3.63, 3.8) is 0 Å². The van der Waals surface area contributed by atoms with E-state index in [1.54, 1.807) is 0 Å². The van der Waals surface area contributed by atoms with Crippen molar-refractivity contribution in [3.8, 4) is 41.2 Å². The fourth-order valence-corrected chi connectivity index (χ4v) is 10.8. The molecule has 2 amide bonds. The van der Waals surface area contributed by atoms with Gasteiger partial charge in [-0.05, 0) is 67.5 Å². The van der Waals surface area contributed by atoms with Crippen LogP contribution in [-0.2, 0) is 0 Å². The number of piperidine rings is 1. The first-order valence-corrected chi connectivity index (χ1v) is 19.7. The summed E-state index contributed by atoms with van der Waals surface area (Å²) in [5.74, 6) is 2.74. The molecule has 290 valence electrons. The Morgan fingerprint density at radius 1 is 1.04 bits per heavy atom. The average Bonchev–Trinajstić information content (AvgIpc) is 4.04. The van der Waals surface area contributed by atoms with Crippen molar-refractivity contribution >= 4 is 33.5 Å². The number of rotatable bonds is 9. The fraction of sp³-hybridized carbons (Fsp3) is 0.524. The van der Waals surface area contributed by atoms with Crippen molar-refractivity contribution in [1.82, 2.24) is 30.1 Å². The van der Waals surface area contributed by atoms with E-state index in [4.69, 9.17) is 20.9 Å². The molecule has 5 aliphatic carbocycles. The number of nitrogens with zero attached hydrogens (tertiary/aromatic N) is 6. The van der Waals surface area contributed by atoms with Gasteiger partial charge in [-0.2, -0.15) is 9.97 Å². The number of aromatic nitrogens is 3. The van der Waals surface area contributed by atoms with Gasteiger partial charge in [0.1, 0.15) is 39.7 Å². The summed E-state index contributed by atoms with van der Waals surface area (Å²) in [5, 5.41) is 14.7. The second kappa shape index (κ2) is 11.8. The number of methoxy groups -OCH3 is 1. The molecule has 5 saturated carbocycles. The van der Waals surface area contributed by atoms with Crippen molar-refractivity contribution in [3.05, 3.63) is 41.5 Å². The third kappa shape index (κ3) is 5.29. The summed E-state index contributed by atoms with van der Waals surface area (Å²) >= 11 is 0. The van der Waals surface area contributed by atoms with Crippen molar-refractivity contribution < 1.29 is 32.5 Å². The SMILES string of the molecule is C#Cc1c(F)ccc2cc(O)cc(-c3nc(OC)c4c(N5CC6CCC(C5)N6C(=O)NC56CC(F)(C5)C6)nc(OCC5(CN6CC7CC7C6)CC5)nc4c3F)c12. The summed E-state index contributed by atoms with van der Waals surface area (Å²) in [7, 11) is 1.42. The summed E-state index contributed by atoms with van der Waals surface area (Å²) in [6, 6.07) is 4.94. The van der Waals surface area contributed by atoms with Crippen LogP contribution in [0, 0.1) is 41.2 Å². The number of likely N-dealkylation sites (tertiary alicyclic amines) is 1. The van der Waals surface area contributed by atoms with Gasteiger partial charge in [0.25, 0.3) is 0 Å². The molecule has 3 aliphatic heterocycles. The zero-order valence-corrected chi connectivity index (χ0v) is 31.1. The number of amides is 2. The van der Waals surface area contributed by atoms with E-state index in [1.165, 1.54) is 37.8 Å². The maximum Gasteiger partial charge on any atom is 0.319 e. The summed E-state index contributed by atoms with van der Waals surface area (Å²) in [4.78, 5) is 34.3. The van der Waals surface area contributed by atoms with E-state index in [9.17, 15) is 14.3 Å². The van der Waals surface area contributed by atoms with Crippen molar-refractivity contribution in [2.24, 2.45) is 17.3 Å². The van der Waals surface area contributed by atoms with Gasteiger partial charge in [0.15, 0.2) is 5.82 Å². The summed E-state index contributed by atoms with van der Waals surface area (Å²) in [5.41, 5.74) is -1.94. The molecule has 8 aliphatic rings. The normalized spacial score (nSPS) is 30.4. The highest BCUT2D eigenvalue weighted by Gasteiger charge is 2.70. The predicted octanol–water partition coefficient (Wildman–Crippen LogP) is 5.94. The second-order valence-electron chi connectivity index (χ2n) is 17.8. The number of carbonyl (C=O) groups is 1. The van der Waals surface area contributed by atoms with Crippen LogP contribution in [0.5, 0.6) is 17.6 Å². The number of phenolic OH excluding ortho intramolecular Hbond substituents is 1. The number of halogens is 3. The number of hydrogen-bond acceptors (Lipinski definition) is 9. The standard InChI is InChI=1S/C42H42F3N7O4/c1-3-28-30(43)7-4-22-11-27(53)12-29(31(22)28)34-33(44)35-32(37(46-34)55-2)36(48-38(47-35)56-21-40(8-9-40)20-50-13-23-10-24(23)14-50)51-15-25-5-6-26(16-51)52(25)39(54)49-42-17-41(45,18-42)19-42/h1,4,7,11-12,23-26,53H,5-6,8-10,13-21H2,2H3,(H,49,54). The van der Waals surface area contributed by atoms with Gasteiger partial charge in [-0.1, -0.05) is 12.0 Å². The molecule has 12 rings (SSSR count). The van der Waals surface area contributed by atoms with Crippen LogP contribution in [0.15, 0.2) is 24.3 Å². The van der Waals surface area contributed by atoms with Gasteiger partial charge in [0.2, 0.25) is 5.88 Å². The van der Waals surface area contributed by atoms with Crippen LogP contribution >= 0.6 is 0 Å². The van der Waals surface area contributed by atoms with E-state index in [1.807, 2.05) is 9.80 Å². The molecule has 2 aromatic carbocycles. The van der Waals surface area contributed by atoms with Gasteiger partial charge >= 0.3 is 12.0 Å². The number of ether oxygens (including phenoxy) is 2. The first kappa shape index (κ1) is 34.2. The van der Waals surface area contributed by atoms with E-state index < -0.39 is 22.8 Å². The van der Waals surface area contributed by atoms with Crippen LogP contribution in [0.3, 0.4) is 0 Å². The minimum atomic E-state index is -1.12. The van der Waals surface area contributed by atoms with Crippen molar-refractivity contribution in [1.29, 1.82) is 0 Å². The summed E-state index contributed by atoms with van der Waals surface area (Å²) in [6.45, 7) is 4.39. The number of fused-ring (bicyclic) bond motifs is 5. The molecule has 4 bridgehead atoms. The monoisotopic (exact) mass is 765 g/mol. The lowest BCUT2D eigenvalue weighted by Crippen LogP contribution is -2.78. The maximum atomic E-state index is 17.3. The number of carbonyl (C=O) groups excluding carboxylic acids is 1. The lowest BCUT2D eigenvalue weighted by atomic mass is 9.47. The molecule has 5 heterocycles. The van der Waals surface area contributed by atoms with Crippen LogP contribution in [0.1, 0.15) is 56.9 Å². The highest BCUT2D eigenvalue weighted by Crippen LogP contribution is 2.63. The van der Waals surface area contributed by atoms with Gasteiger partial charge in [0, 0.05) is 68.4 Å². The number of anilines is 1. The quantitative estimate of drug-likeness (QED) is 0.200. The Balaban J connectivity index is 0.987. The molecule has 56 heavy (non-hydrogen) atoms. The van der Waals surface area contributed by atoms with Crippen LogP contribution < -0.4 is 19.7 Å². The Bertz CT molecular complexity index is 2370. The minimum absolute atomic E-state index is 0.00793. The van der Waals surface area contributed by atoms with E-state index in [0.29, 0.717) is 50.2 Å². The van der Waals surface area contributed by atoms with Gasteiger partial charge in [-0.25, -0.2) is 22.9 Å². The molecule has 4 unspecified atom stereocenters.